The lowest BCUT2D eigenvalue weighted by Gasteiger charge is -2.08. The molecule has 1 aliphatic carbocycles. The van der Waals surface area contributed by atoms with Crippen LogP contribution in [0.5, 0.6) is 0 Å². The summed E-state index contributed by atoms with van der Waals surface area (Å²) in [5, 5.41) is 21.0. The number of carboxylic acids is 1. The van der Waals surface area contributed by atoms with Crippen LogP contribution in [-0.4, -0.2) is 28.8 Å². The topological polar surface area (TPSA) is 69.6 Å². The Balaban J connectivity index is 1.73. The van der Waals surface area contributed by atoms with Gasteiger partial charge in [0.05, 0.1) is 12.5 Å². The number of aliphatic carboxylic acids is 1. The minimum atomic E-state index is -0.964. The first-order valence-corrected chi connectivity index (χ1v) is 6.68. The van der Waals surface area contributed by atoms with Crippen LogP contribution in [0, 0.1) is 0 Å². The molecule has 5 heteroatoms. The van der Waals surface area contributed by atoms with Crippen molar-refractivity contribution in [2.75, 3.05) is 6.54 Å². The summed E-state index contributed by atoms with van der Waals surface area (Å²) >= 11 is 1.83. The van der Waals surface area contributed by atoms with Crippen LogP contribution in [0.3, 0.4) is 0 Å². The minimum absolute atomic E-state index is 0.200. The summed E-state index contributed by atoms with van der Waals surface area (Å²) in [6, 6.07) is 2.23. The van der Waals surface area contributed by atoms with Crippen molar-refractivity contribution in [3.63, 3.8) is 0 Å². The number of aryl methyl sites for hydroxylation is 2. The number of aliphatic hydroxyl groups is 1. The highest BCUT2D eigenvalue weighted by molar-refractivity contribution is 7.12. The molecule has 0 aliphatic heterocycles. The van der Waals surface area contributed by atoms with E-state index in [1.807, 2.05) is 11.3 Å². The zero-order chi connectivity index (χ0) is 12.3. The molecule has 3 N–H and O–H groups in total. The first-order chi connectivity index (χ1) is 8.15. The summed E-state index contributed by atoms with van der Waals surface area (Å²) < 4.78 is 0. The van der Waals surface area contributed by atoms with Crippen LogP contribution >= 0.6 is 11.3 Å². The van der Waals surface area contributed by atoms with Crippen LogP contribution in [0.4, 0.5) is 0 Å². The van der Waals surface area contributed by atoms with Gasteiger partial charge in [-0.15, -0.1) is 11.3 Å². The van der Waals surface area contributed by atoms with Crippen LogP contribution in [0.15, 0.2) is 6.07 Å². The molecule has 0 fully saturated rings. The minimum Gasteiger partial charge on any atom is -0.481 e. The molecule has 0 spiro atoms. The molecule has 1 unspecified atom stereocenters. The predicted octanol–water partition coefficient (Wildman–Crippen LogP) is 1.16. The lowest BCUT2D eigenvalue weighted by molar-refractivity contribution is -0.139. The number of hydrogen-bond acceptors (Lipinski definition) is 4. The molecule has 2 rings (SSSR count). The molecule has 0 radical (unpaired) electrons. The van der Waals surface area contributed by atoms with Gasteiger partial charge in [-0.25, -0.2) is 0 Å². The number of carbonyl (C=O) groups is 1. The molecule has 0 saturated heterocycles. The number of carboxylic acid groups (broad SMARTS) is 1. The van der Waals surface area contributed by atoms with Crippen molar-refractivity contribution < 1.29 is 15.0 Å². The van der Waals surface area contributed by atoms with Gasteiger partial charge in [0.15, 0.2) is 0 Å². The second-order valence-corrected chi connectivity index (χ2v) is 5.62. The Morgan fingerprint density at radius 2 is 2.35 bits per heavy atom. The molecule has 0 amide bonds. The fraction of sp³-hybridized carbons (Fsp3) is 0.583. The smallest absolute Gasteiger partial charge is 0.306 e. The summed E-state index contributed by atoms with van der Waals surface area (Å²) in [5.74, 6) is -0.964. The van der Waals surface area contributed by atoms with E-state index in [1.54, 1.807) is 0 Å². The summed E-state index contributed by atoms with van der Waals surface area (Å²) in [6.07, 6.45) is 2.65. The summed E-state index contributed by atoms with van der Waals surface area (Å²) in [4.78, 5) is 13.1. The number of aliphatic hydroxyl groups excluding tert-OH is 1. The van der Waals surface area contributed by atoms with Gasteiger partial charge in [-0.3, -0.25) is 4.79 Å². The van der Waals surface area contributed by atoms with Gasteiger partial charge >= 0.3 is 5.97 Å². The quantitative estimate of drug-likeness (QED) is 0.713. The molecule has 0 saturated carbocycles. The Morgan fingerprint density at radius 3 is 3.06 bits per heavy atom. The predicted molar refractivity (Wildman–Crippen MR) is 66.3 cm³/mol. The Hall–Kier alpha value is -0.910. The Bertz CT molecular complexity index is 381. The summed E-state index contributed by atoms with van der Waals surface area (Å²) in [6.45, 7) is 1.04. The van der Waals surface area contributed by atoms with Crippen molar-refractivity contribution in [3.05, 3.63) is 21.4 Å². The SMILES string of the molecule is O=C(O)CC(O)CNCc1cc2c(s1)CCC2. The normalized spacial score (nSPS) is 15.8. The highest BCUT2D eigenvalue weighted by Crippen LogP contribution is 2.30. The van der Waals surface area contributed by atoms with E-state index in [4.69, 9.17) is 5.11 Å². The highest BCUT2D eigenvalue weighted by Gasteiger charge is 2.15. The van der Waals surface area contributed by atoms with Crippen molar-refractivity contribution in [1.29, 1.82) is 0 Å². The fourth-order valence-corrected chi connectivity index (χ4v) is 3.34. The van der Waals surface area contributed by atoms with Gasteiger partial charge in [-0.1, -0.05) is 0 Å². The second-order valence-electron chi connectivity index (χ2n) is 4.40. The van der Waals surface area contributed by atoms with Crippen LogP contribution in [0.25, 0.3) is 0 Å². The van der Waals surface area contributed by atoms with Crippen molar-refractivity contribution >= 4 is 17.3 Å². The molecule has 1 heterocycles. The second kappa shape index (κ2) is 5.62. The zero-order valence-corrected chi connectivity index (χ0v) is 10.4. The van der Waals surface area contributed by atoms with Gasteiger partial charge in [-0.05, 0) is 30.9 Å². The third kappa shape index (κ3) is 3.52. The molecule has 1 aromatic heterocycles. The third-order valence-electron chi connectivity index (χ3n) is 2.89. The van der Waals surface area contributed by atoms with Gasteiger partial charge in [0, 0.05) is 22.8 Å². The largest absolute Gasteiger partial charge is 0.481 e. The first kappa shape index (κ1) is 12.5. The highest BCUT2D eigenvalue weighted by atomic mass is 32.1. The standard InChI is InChI=1S/C12H17NO3S/c14-9(5-12(15)16)6-13-7-10-4-8-2-1-3-11(8)17-10/h4,9,13-14H,1-3,5-7H2,(H,15,16). The van der Waals surface area contributed by atoms with Crippen LogP contribution in [0.1, 0.15) is 28.2 Å². The monoisotopic (exact) mass is 255 g/mol. The van der Waals surface area contributed by atoms with E-state index in [0.29, 0.717) is 13.1 Å². The van der Waals surface area contributed by atoms with E-state index in [9.17, 15) is 9.90 Å². The van der Waals surface area contributed by atoms with Gasteiger partial charge in [0.25, 0.3) is 0 Å². The molecule has 17 heavy (non-hydrogen) atoms. The third-order valence-corrected chi connectivity index (χ3v) is 4.12. The molecule has 4 nitrogen and oxygen atoms in total. The van der Waals surface area contributed by atoms with Gasteiger partial charge < -0.3 is 15.5 Å². The molecular weight excluding hydrogens is 238 g/mol. The van der Waals surface area contributed by atoms with E-state index >= 15 is 0 Å². The number of rotatable bonds is 6. The van der Waals surface area contributed by atoms with Gasteiger partial charge in [-0.2, -0.15) is 0 Å². The van der Waals surface area contributed by atoms with E-state index in [1.165, 1.54) is 34.6 Å². The number of hydrogen-bond donors (Lipinski definition) is 3. The maximum atomic E-state index is 10.4. The summed E-state index contributed by atoms with van der Waals surface area (Å²) in [5.41, 5.74) is 1.47. The first-order valence-electron chi connectivity index (χ1n) is 5.86. The molecule has 1 aliphatic rings. The van der Waals surface area contributed by atoms with Gasteiger partial charge in [0.2, 0.25) is 0 Å². The van der Waals surface area contributed by atoms with Crippen molar-refractivity contribution in [3.8, 4) is 0 Å². The Kier molecular flexibility index (Phi) is 4.15. The Labute approximate surface area is 104 Å². The van der Waals surface area contributed by atoms with Crippen molar-refractivity contribution in [1.82, 2.24) is 5.32 Å². The molecule has 0 bridgehead atoms. The molecule has 94 valence electrons. The van der Waals surface area contributed by atoms with Crippen LogP contribution < -0.4 is 5.32 Å². The van der Waals surface area contributed by atoms with Crippen LogP contribution in [0.2, 0.25) is 0 Å². The van der Waals surface area contributed by atoms with E-state index < -0.39 is 12.1 Å². The fourth-order valence-electron chi connectivity index (χ4n) is 2.11. The average molecular weight is 255 g/mol. The van der Waals surface area contributed by atoms with Crippen LogP contribution in [-0.2, 0) is 24.2 Å². The van der Waals surface area contributed by atoms with E-state index in [2.05, 4.69) is 11.4 Å². The lowest BCUT2D eigenvalue weighted by Crippen LogP contribution is -2.28. The van der Waals surface area contributed by atoms with Crippen molar-refractivity contribution in [2.24, 2.45) is 0 Å². The number of fused-ring (bicyclic) bond motifs is 1. The molecule has 1 aromatic rings. The van der Waals surface area contributed by atoms with Gasteiger partial charge in [0.1, 0.15) is 0 Å². The number of thiophene rings is 1. The summed E-state index contributed by atoms with van der Waals surface area (Å²) in [7, 11) is 0. The Morgan fingerprint density at radius 1 is 1.53 bits per heavy atom. The maximum Gasteiger partial charge on any atom is 0.306 e. The maximum absolute atomic E-state index is 10.4. The zero-order valence-electron chi connectivity index (χ0n) is 9.61. The molecule has 0 aromatic carbocycles. The van der Waals surface area contributed by atoms with E-state index in [0.717, 1.165) is 0 Å². The lowest BCUT2D eigenvalue weighted by atomic mass is 10.2. The average Bonchev–Trinajstić information content (AvgIpc) is 2.76. The molecule has 1 atom stereocenters. The number of nitrogens with one attached hydrogen (secondary N) is 1. The van der Waals surface area contributed by atoms with E-state index in [-0.39, 0.29) is 6.42 Å². The van der Waals surface area contributed by atoms with Crippen molar-refractivity contribution in [2.45, 2.75) is 38.3 Å². The molecular formula is C12H17NO3S.